The molecule has 1 aliphatic rings. The molecule has 0 amide bonds. The van der Waals surface area contributed by atoms with E-state index in [0.717, 1.165) is 24.1 Å². The smallest absolute Gasteiger partial charge is 0.243 e. The summed E-state index contributed by atoms with van der Waals surface area (Å²) in [5.74, 6) is 0.621. The Morgan fingerprint density at radius 3 is 2.63 bits per heavy atom. The molecule has 8 nitrogen and oxygen atoms in total. The van der Waals surface area contributed by atoms with E-state index in [1.54, 1.807) is 52.8 Å². The lowest BCUT2D eigenvalue weighted by Crippen LogP contribution is -2.39. The quantitative estimate of drug-likeness (QED) is 0.680. The maximum absolute atomic E-state index is 13.1. The summed E-state index contributed by atoms with van der Waals surface area (Å²) in [5.41, 5.74) is 2.27. The van der Waals surface area contributed by atoms with Gasteiger partial charge in [0.05, 0.1) is 17.7 Å². The minimum atomic E-state index is -3.57. The number of aryl methyl sites for hydroxylation is 1. The van der Waals surface area contributed by atoms with Crippen molar-refractivity contribution in [2.24, 2.45) is 7.05 Å². The van der Waals surface area contributed by atoms with Crippen LogP contribution in [0.1, 0.15) is 24.5 Å². The van der Waals surface area contributed by atoms with Crippen molar-refractivity contribution < 1.29 is 13.2 Å². The summed E-state index contributed by atoms with van der Waals surface area (Å²) in [5, 5.41) is 4.58. The van der Waals surface area contributed by atoms with Crippen molar-refractivity contribution in [2.45, 2.75) is 23.7 Å². The Morgan fingerprint density at radius 2 is 1.89 bits per heavy atom. The Morgan fingerprint density at radius 1 is 1.15 bits per heavy atom. The van der Waals surface area contributed by atoms with Gasteiger partial charge >= 0.3 is 0 Å². The zero-order valence-electron chi connectivity index (χ0n) is 15.2. The minimum Gasteiger partial charge on any atom is -0.497 e. The number of hydrogen-bond acceptors (Lipinski definition) is 6. The second-order valence-electron chi connectivity index (χ2n) is 6.62. The Balaban J connectivity index is 1.64. The topological polar surface area (TPSA) is 90.2 Å². The van der Waals surface area contributed by atoms with Gasteiger partial charge in [0.15, 0.2) is 5.65 Å². The molecule has 4 rings (SSSR count). The third kappa shape index (κ3) is 3.17. The van der Waals surface area contributed by atoms with Gasteiger partial charge in [0.25, 0.3) is 0 Å². The van der Waals surface area contributed by atoms with Crippen LogP contribution >= 0.6 is 0 Å². The lowest BCUT2D eigenvalue weighted by Gasteiger charge is -2.31. The maximum Gasteiger partial charge on any atom is 0.243 e. The molecule has 1 atom stereocenters. The molecule has 0 N–H and O–H groups in total. The number of nitrogens with zero attached hydrogens (tertiary/aromatic N) is 5. The zero-order chi connectivity index (χ0) is 19.0. The van der Waals surface area contributed by atoms with Gasteiger partial charge in [-0.15, -0.1) is 0 Å². The second-order valence-corrected chi connectivity index (χ2v) is 8.55. The van der Waals surface area contributed by atoms with Crippen LogP contribution in [0.3, 0.4) is 0 Å². The van der Waals surface area contributed by atoms with Crippen LogP contribution in [0, 0.1) is 0 Å². The summed E-state index contributed by atoms with van der Waals surface area (Å²) in [6.07, 6.45) is 4.92. The first-order valence-electron chi connectivity index (χ1n) is 8.78. The van der Waals surface area contributed by atoms with Crippen molar-refractivity contribution in [3.8, 4) is 5.75 Å². The van der Waals surface area contributed by atoms with Crippen molar-refractivity contribution in [1.82, 2.24) is 24.1 Å². The zero-order valence-corrected chi connectivity index (χ0v) is 16.1. The normalized spacial score (nSPS) is 18.7. The van der Waals surface area contributed by atoms with Gasteiger partial charge in [-0.25, -0.2) is 23.1 Å². The molecule has 142 valence electrons. The van der Waals surface area contributed by atoms with Crippen molar-refractivity contribution in [3.63, 3.8) is 0 Å². The number of methoxy groups -OCH3 is 1. The monoisotopic (exact) mass is 387 g/mol. The molecule has 0 unspecified atom stereocenters. The second kappa shape index (κ2) is 6.90. The molecule has 0 saturated carbocycles. The lowest BCUT2D eigenvalue weighted by atomic mass is 9.96. The minimum absolute atomic E-state index is 0.00725. The summed E-state index contributed by atoms with van der Waals surface area (Å²) < 4.78 is 34.5. The van der Waals surface area contributed by atoms with Crippen molar-refractivity contribution >= 4 is 21.2 Å². The molecule has 1 saturated heterocycles. The van der Waals surface area contributed by atoms with Gasteiger partial charge in [-0.05, 0) is 37.1 Å². The first-order valence-corrected chi connectivity index (χ1v) is 10.2. The van der Waals surface area contributed by atoms with E-state index in [1.165, 1.54) is 0 Å². The van der Waals surface area contributed by atoms with Crippen molar-refractivity contribution in [1.29, 1.82) is 0 Å². The average Bonchev–Trinajstić information content (AvgIpc) is 3.05. The average molecular weight is 387 g/mol. The van der Waals surface area contributed by atoms with Gasteiger partial charge in [0.2, 0.25) is 10.0 Å². The lowest BCUT2D eigenvalue weighted by molar-refractivity contribution is 0.312. The highest BCUT2D eigenvalue weighted by atomic mass is 32.2. The van der Waals surface area contributed by atoms with Gasteiger partial charge in [-0.2, -0.15) is 9.40 Å². The molecule has 3 heterocycles. The third-order valence-corrected chi connectivity index (χ3v) is 6.83. The third-order valence-electron chi connectivity index (χ3n) is 4.95. The number of benzene rings is 1. The molecule has 3 aromatic rings. The fraction of sp³-hybridized carbons (Fsp3) is 0.389. The summed E-state index contributed by atoms with van der Waals surface area (Å²) in [6.45, 7) is 0.887. The van der Waals surface area contributed by atoms with E-state index in [4.69, 9.17) is 4.74 Å². The van der Waals surface area contributed by atoms with Gasteiger partial charge < -0.3 is 4.74 Å². The predicted molar refractivity (Wildman–Crippen MR) is 100 cm³/mol. The number of ether oxygens (including phenoxy) is 1. The molecule has 1 aromatic carbocycles. The Labute approximate surface area is 157 Å². The molecular formula is C18H21N5O3S. The number of sulfonamides is 1. The van der Waals surface area contributed by atoms with E-state index < -0.39 is 10.0 Å². The summed E-state index contributed by atoms with van der Waals surface area (Å²) >= 11 is 0. The molecule has 2 aromatic heterocycles. The molecule has 0 bridgehead atoms. The van der Waals surface area contributed by atoms with Crippen LogP contribution in [-0.4, -0.2) is 52.7 Å². The summed E-state index contributed by atoms with van der Waals surface area (Å²) in [6, 6.07) is 6.49. The highest BCUT2D eigenvalue weighted by Crippen LogP contribution is 2.32. The van der Waals surface area contributed by atoms with Crippen LogP contribution in [-0.2, 0) is 17.1 Å². The Bertz CT molecular complexity index is 1060. The van der Waals surface area contributed by atoms with Crippen LogP contribution in [0.25, 0.3) is 11.2 Å². The molecule has 0 radical (unpaired) electrons. The predicted octanol–water partition coefficient (Wildman–Crippen LogP) is 1.94. The summed E-state index contributed by atoms with van der Waals surface area (Å²) in [4.78, 5) is 9.01. The van der Waals surface area contributed by atoms with Crippen LogP contribution in [0.2, 0.25) is 0 Å². The van der Waals surface area contributed by atoms with Crippen molar-refractivity contribution in [3.05, 3.63) is 42.4 Å². The number of aromatic nitrogens is 4. The fourth-order valence-corrected chi connectivity index (χ4v) is 5.08. The van der Waals surface area contributed by atoms with Gasteiger partial charge in [-0.1, -0.05) is 0 Å². The van der Waals surface area contributed by atoms with E-state index in [2.05, 4.69) is 15.1 Å². The first-order chi connectivity index (χ1) is 13.0. The summed E-state index contributed by atoms with van der Waals surface area (Å²) in [7, 11) is -0.184. The van der Waals surface area contributed by atoms with E-state index >= 15 is 0 Å². The SMILES string of the molecule is COc1ccc(S(=O)(=O)N2CCC[C@@H](c3nn(C)c4nccnc34)C2)cc1. The molecule has 1 aliphatic heterocycles. The van der Waals surface area contributed by atoms with E-state index in [9.17, 15) is 8.42 Å². The molecular weight excluding hydrogens is 366 g/mol. The van der Waals surface area contributed by atoms with Crippen molar-refractivity contribution in [2.75, 3.05) is 20.2 Å². The van der Waals surface area contributed by atoms with Gasteiger partial charge in [0.1, 0.15) is 11.3 Å². The van der Waals surface area contributed by atoms with Gasteiger partial charge in [0, 0.05) is 38.4 Å². The van der Waals surface area contributed by atoms with Crippen LogP contribution in [0.4, 0.5) is 0 Å². The Hall–Kier alpha value is -2.52. The largest absolute Gasteiger partial charge is 0.497 e. The molecule has 27 heavy (non-hydrogen) atoms. The van der Waals surface area contributed by atoms with Crippen LogP contribution in [0.15, 0.2) is 41.6 Å². The maximum atomic E-state index is 13.1. The van der Waals surface area contributed by atoms with Gasteiger partial charge in [-0.3, -0.25) is 0 Å². The van der Waals surface area contributed by atoms with E-state index in [0.29, 0.717) is 24.5 Å². The standard InChI is InChI=1S/C18H21N5O3S/c1-22-18-17(19-9-10-20-18)16(21-22)13-4-3-11-23(12-13)27(24,25)15-7-5-14(26-2)6-8-15/h5-10,13H,3-4,11-12H2,1-2H3/t13-/m1/s1. The highest BCUT2D eigenvalue weighted by molar-refractivity contribution is 7.89. The Kier molecular flexibility index (Phi) is 4.56. The number of piperidine rings is 1. The van der Waals surface area contributed by atoms with E-state index in [-0.39, 0.29) is 10.8 Å². The highest BCUT2D eigenvalue weighted by Gasteiger charge is 2.33. The molecule has 0 spiro atoms. The number of rotatable bonds is 4. The van der Waals surface area contributed by atoms with Crippen LogP contribution in [0.5, 0.6) is 5.75 Å². The molecule has 0 aliphatic carbocycles. The molecule has 9 heteroatoms. The fourth-order valence-electron chi connectivity index (χ4n) is 3.56. The number of hydrogen-bond donors (Lipinski definition) is 0. The van der Waals surface area contributed by atoms with Crippen LogP contribution < -0.4 is 4.74 Å². The van der Waals surface area contributed by atoms with E-state index in [1.807, 2.05) is 7.05 Å². The molecule has 1 fully saturated rings. The number of fused-ring (bicyclic) bond motifs is 1. The first kappa shape index (κ1) is 17.9.